The topological polar surface area (TPSA) is 88.8 Å². The molecule has 1 fully saturated rings. The lowest BCUT2D eigenvalue weighted by atomic mass is 10.2. The maximum absolute atomic E-state index is 12.7. The summed E-state index contributed by atoms with van der Waals surface area (Å²) >= 11 is 0. The minimum atomic E-state index is -0.00195. The lowest BCUT2D eigenvalue weighted by Crippen LogP contribution is -2.38. The number of benzene rings is 1. The lowest BCUT2D eigenvalue weighted by molar-refractivity contribution is -0.133. The summed E-state index contributed by atoms with van der Waals surface area (Å²) in [6.45, 7) is 2.88. The van der Waals surface area contributed by atoms with Gasteiger partial charge in [0.15, 0.2) is 18.1 Å². The second kappa shape index (κ2) is 9.01. The first-order valence-electron chi connectivity index (χ1n) is 10.6. The molecule has 9 heteroatoms. The number of carbonyl (C=O) groups excluding carboxylic acids is 1. The van der Waals surface area contributed by atoms with Gasteiger partial charge in [0.1, 0.15) is 11.6 Å². The summed E-state index contributed by atoms with van der Waals surface area (Å²) in [4.78, 5) is 20.8. The average molecular weight is 429 g/mol. The molecule has 3 aromatic heterocycles. The number of carbonyl (C=O) groups is 1. The zero-order chi connectivity index (χ0) is 21.8. The molecule has 0 spiro atoms. The van der Waals surface area contributed by atoms with Crippen LogP contribution in [0.3, 0.4) is 0 Å². The van der Waals surface area contributed by atoms with E-state index in [1.165, 1.54) is 0 Å². The number of hydrogen-bond donors (Lipinski definition) is 0. The number of pyridine rings is 1. The van der Waals surface area contributed by atoms with Crippen LogP contribution in [-0.2, 0) is 4.79 Å². The second-order valence-electron chi connectivity index (χ2n) is 7.54. The highest BCUT2D eigenvalue weighted by molar-refractivity contribution is 5.78. The van der Waals surface area contributed by atoms with Crippen molar-refractivity contribution in [3.05, 3.63) is 67.0 Å². The molecule has 9 nitrogen and oxygen atoms in total. The maximum Gasteiger partial charge on any atom is 0.260 e. The number of amides is 1. The molecule has 0 bridgehead atoms. The second-order valence-corrected chi connectivity index (χ2v) is 7.54. The molecule has 1 aromatic carbocycles. The molecule has 1 saturated heterocycles. The Labute approximate surface area is 185 Å². The molecule has 5 rings (SSSR count). The van der Waals surface area contributed by atoms with Gasteiger partial charge in [0.25, 0.3) is 5.91 Å². The van der Waals surface area contributed by atoms with Crippen molar-refractivity contribution in [2.75, 3.05) is 37.7 Å². The van der Waals surface area contributed by atoms with Gasteiger partial charge in [-0.05, 0) is 42.8 Å². The Kier molecular flexibility index (Phi) is 5.61. The van der Waals surface area contributed by atoms with Crippen molar-refractivity contribution >= 4 is 17.4 Å². The molecule has 0 saturated carbocycles. The Bertz CT molecular complexity index is 1200. The molecule has 1 aliphatic heterocycles. The molecule has 0 N–H and O–H groups in total. The summed E-state index contributed by atoms with van der Waals surface area (Å²) in [5.74, 6) is 2.21. The molecule has 162 valence electrons. The van der Waals surface area contributed by atoms with Crippen LogP contribution in [0.4, 0.5) is 5.82 Å². The zero-order valence-corrected chi connectivity index (χ0v) is 17.5. The van der Waals surface area contributed by atoms with Gasteiger partial charge in [0.2, 0.25) is 0 Å². The fourth-order valence-corrected chi connectivity index (χ4v) is 3.78. The van der Waals surface area contributed by atoms with Crippen LogP contribution in [0.15, 0.2) is 67.0 Å². The largest absolute Gasteiger partial charge is 0.484 e. The SMILES string of the molecule is O=C(COc1ccccc1)N1CCCN(c2ccc3nnc(-c4ccncc4)n3n2)CC1. The van der Waals surface area contributed by atoms with E-state index < -0.39 is 0 Å². The Morgan fingerprint density at radius 1 is 0.906 bits per heavy atom. The van der Waals surface area contributed by atoms with Gasteiger partial charge in [0, 0.05) is 44.1 Å². The predicted molar refractivity (Wildman–Crippen MR) is 119 cm³/mol. The zero-order valence-electron chi connectivity index (χ0n) is 17.5. The Morgan fingerprint density at radius 3 is 2.59 bits per heavy atom. The van der Waals surface area contributed by atoms with Gasteiger partial charge in [-0.15, -0.1) is 15.3 Å². The van der Waals surface area contributed by atoms with Crippen molar-refractivity contribution in [3.63, 3.8) is 0 Å². The van der Waals surface area contributed by atoms with Crippen molar-refractivity contribution in [2.24, 2.45) is 0 Å². The van der Waals surface area contributed by atoms with Crippen LogP contribution in [0.25, 0.3) is 17.0 Å². The van der Waals surface area contributed by atoms with Crippen molar-refractivity contribution in [3.8, 4) is 17.1 Å². The van der Waals surface area contributed by atoms with Crippen LogP contribution in [-0.4, -0.2) is 68.4 Å². The van der Waals surface area contributed by atoms with E-state index in [0.717, 1.165) is 24.3 Å². The number of nitrogens with zero attached hydrogens (tertiary/aromatic N) is 7. The Morgan fingerprint density at radius 2 is 1.75 bits per heavy atom. The summed E-state index contributed by atoms with van der Waals surface area (Å²) in [6, 6.07) is 17.1. The molecule has 4 heterocycles. The number of rotatable bonds is 5. The third kappa shape index (κ3) is 4.22. The lowest BCUT2D eigenvalue weighted by Gasteiger charge is -2.23. The van der Waals surface area contributed by atoms with E-state index >= 15 is 0 Å². The van der Waals surface area contributed by atoms with Crippen LogP contribution in [0.1, 0.15) is 6.42 Å². The number of aromatic nitrogens is 5. The van der Waals surface area contributed by atoms with E-state index in [0.29, 0.717) is 36.9 Å². The summed E-state index contributed by atoms with van der Waals surface area (Å²) in [5.41, 5.74) is 1.59. The van der Waals surface area contributed by atoms with Gasteiger partial charge in [-0.3, -0.25) is 9.78 Å². The fourth-order valence-electron chi connectivity index (χ4n) is 3.78. The molecular weight excluding hydrogens is 406 g/mol. The molecule has 0 radical (unpaired) electrons. The van der Waals surface area contributed by atoms with Gasteiger partial charge >= 0.3 is 0 Å². The molecule has 1 amide bonds. The van der Waals surface area contributed by atoms with Crippen molar-refractivity contribution < 1.29 is 9.53 Å². The molecule has 4 aromatic rings. The summed E-state index contributed by atoms with van der Waals surface area (Å²) in [7, 11) is 0. The fraction of sp³-hybridized carbons (Fsp3) is 0.261. The summed E-state index contributed by atoms with van der Waals surface area (Å²) < 4.78 is 7.39. The molecule has 32 heavy (non-hydrogen) atoms. The summed E-state index contributed by atoms with van der Waals surface area (Å²) in [5, 5.41) is 13.3. The first-order chi connectivity index (χ1) is 15.8. The Hall–Kier alpha value is -4.01. The van der Waals surface area contributed by atoms with E-state index in [2.05, 4.69) is 20.1 Å². The van der Waals surface area contributed by atoms with Crippen molar-refractivity contribution in [1.82, 2.24) is 29.7 Å². The first kappa shape index (κ1) is 19.9. The van der Waals surface area contributed by atoms with Crippen LogP contribution < -0.4 is 9.64 Å². The third-order valence-electron chi connectivity index (χ3n) is 5.47. The van der Waals surface area contributed by atoms with Crippen molar-refractivity contribution in [2.45, 2.75) is 6.42 Å². The minimum Gasteiger partial charge on any atom is -0.484 e. The van der Waals surface area contributed by atoms with Crippen LogP contribution >= 0.6 is 0 Å². The van der Waals surface area contributed by atoms with Gasteiger partial charge in [-0.1, -0.05) is 18.2 Å². The minimum absolute atomic E-state index is 0.00195. The van der Waals surface area contributed by atoms with Gasteiger partial charge in [-0.25, -0.2) is 0 Å². The van der Waals surface area contributed by atoms with E-state index in [9.17, 15) is 4.79 Å². The van der Waals surface area contributed by atoms with E-state index in [4.69, 9.17) is 9.84 Å². The van der Waals surface area contributed by atoms with Crippen molar-refractivity contribution in [1.29, 1.82) is 0 Å². The van der Waals surface area contributed by atoms with E-state index in [1.807, 2.05) is 59.5 Å². The van der Waals surface area contributed by atoms with Gasteiger partial charge < -0.3 is 14.5 Å². The molecule has 0 atom stereocenters. The highest BCUT2D eigenvalue weighted by Gasteiger charge is 2.21. The first-order valence-corrected chi connectivity index (χ1v) is 10.6. The predicted octanol–water partition coefficient (Wildman–Crippen LogP) is 2.30. The Balaban J connectivity index is 1.27. The number of anilines is 1. The quantitative estimate of drug-likeness (QED) is 0.481. The highest BCUT2D eigenvalue weighted by atomic mass is 16.5. The monoisotopic (exact) mass is 429 g/mol. The van der Waals surface area contributed by atoms with E-state index in [-0.39, 0.29) is 12.5 Å². The smallest absolute Gasteiger partial charge is 0.260 e. The average Bonchev–Trinajstić information content (AvgIpc) is 3.11. The molecule has 1 aliphatic rings. The normalized spacial score (nSPS) is 14.4. The van der Waals surface area contributed by atoms with E-state index in [1.54, 1.807) is 16.9 Å². The number of fused-ring (bicyclic) bond motifs is 1. The summed E-state index contributed by atoms with van der Waals surface area (Å²) in [6.07, 6.45) is 4.31. The van der Waals surface area contributed by atoms with Crippen LogP contribution in [0, 0.1) is 0 Å². The highest BCUT2D eigenvalue weighted by Crippen LogP contribution is 2.20. The van der Waals surface area contributed by atoms with Gasteiger partial charge in [0.05, 0.1) is 0 Å². The molecule has 0 aliphatic carbocycles. The van der Waals surface area contributed by atoms with Crippen LogP contribution in [0.5, 0.6) is 5.75 Å². The molecular formula is C23H23N7O2. The molecule has 0 unspecified atom stereocenters. The number of para-hydroxylation sites is 1. The maximum atomic E-state index is 12.7. The number of ether oxygens (including phenoxy) is 1. The van der Waals surface area contributed by atoms with Gasteiger partial charge in [-0.2, -0.15) is 4.52 Å². The van der Waals surface area contributed by atoms with Crippen LogP contribution in [0.2, 0.25) is 0 Å². The standard InChI is InChI=1S/C23H23N7O2/c31-22(17-32-19-5-2-1-3-6-19)29-14-4-13-28(15-16-29)21-8-7-20-25-26-23(30(20)27-21)18-9-11-24-12-10-18/h1-3,5-12H,4,13-17H2. The third-order valence-corrected chi connectivity index (χ3v) is 5.47. The number of hydrogen-bond acceptors (Lipinski definition) is 7.